The van der Waals surface area contributed by atoms with Crippen LogP contribution >= 0.6 is 0 Å². The molecule has 0 aliphatic carbocycles. The normalized spacial score (nSPS) is 11.9. The lowest BCUT2D eigenvalue weighted by Crippen LogP contribution is -2.17. The number of fused-ring (bicyclic) bond motifs is 1. The van der Waals surface area contributed by atoms with Gasteiger partial charge in [-0.25, -0.2) is 0 Å². The zero-order valence-corrected chi connectivity index (χ0v) is 17.0. The molecule has 0 spiro atoms. The molecular weight excluding hydrogens is 374 g/mol. The molecule has 0 aliphatic heterocycles. The number of carbonyl (C=O) groups excluding carboxylic acids is 2. The number of rotatable bonds is 7. The highest BCUT2D eigenvalue weighted by molar-refractivity contribution is 6.08. The Labute approximate surface area is 175 Å². The van der Waals surface area contributed by atoms with Crippen LogP contribution in [0.2, 0.25) is 0 Å². The molecule has 1 atom stereocenters. The molecule has 30 heavy (non-hydrogen) atoms. The molecular formula is C26H23NO3. The Balaban J connectivity index is 1.85. The number of carbonyl (C=O) groups is 2. The number of aromatic nitrogens is 1. The van der Waals surface area contributed by atoms with Gasteiger partial charge in [-0.1, -0.05) is 66.7 Å². The summed E-state index contributed by atoms with van der Waals surface area (Å²) in [6, 6.07) is 24.1. The standard InChI is InChI=1S/C26H23NO3/c1-27-17-21(25-22(27)14-9-15-24(25)30-2)20(26(29)19-12-7-4-8-13-19)16-23(28)18-10-5-3-6-11-18/h3-15,17,20H,16H2,1-2H3/t20-/m0/s1. The average molecular weight is 397 g/mol. The van der Waals surface area contributed by atoms with Crippen LogP contribution in [0.15, 0.2) is 85.1 Å². The van der Waals surface area contributed by atoms with Crippen molar-refractivity contribution < 1.29 is 14.3 Å². The Morgan fingerprint density at radius 1 is 0.867 bits per heavy atom. The molecule has 150 valence electrons. The van der Waals surface area contributed by atoms with Crippen molar-refractivity contribution in [1.82, 2.24) is 4.57 Å². The van der Waals surface area contributed by atoms with E-state index < -0.39 is 5.92 Å². The lowest BCUT2D eigenvalue weighted by molar-refractivity contribution is 0.0894. The Morgan fingerprint density at radius 2 is 1.50 bits per heavy atom. The molecule has 4 rings (SSSR count). The van der Waals surface area contributed by atoms with Crippen LogP contribution in [-0.4, -0.2) is 23.2 Å². The van der Waals surface area contributed by atoms with Gasteiger partial charge in [0.05, 0.1) is 18.5 Å². The third-order valence-electron chi connectivity index (χ3n) is 5.46. The molecule has 0 radical (unpaired) electrons. The topological polar surface area (TPSA) is 48.3 Å². The van der Waals surface area contributed by atoms with E-state index in [9.17, 15) is 9.59 Å². The van der Waals surface area contributed by atoms with Crippen LogP contribution in [0.25, 0.3) is 10.9 Å². The summed E-state index contributed by atoms with van der Waals surface area (Å²) >= 11 is 0. The van der Waals surface area contributed by atoms with Gasteiger partial charge in [0.1, 0.15) is 5.75 Å². The van der Waals surface area contributed by atoms with Crippen LogP contribution in [0.3, 0.4) is 0 Å². The van der Waals surface area contributed by atoms with E-state index in [1.165, 1.54) is 0 Å². The fourth-order valence-corrected chi connectivity index (χ4v) is 3.96. The second-order valence-corrected chi connectivity index (χ2v) is 7.33. The molecule has 4 aromatic rings. The van der Waals surface area contributed by atoms with Gasteiger partial charge in [0.25, 0.3) is 0 Å². The highest BCUT2D eigenvalue weighted by Gasteiger charge is 2.29. The molecule has 4 heteroatoms. The summed E-state index contributed by atoms with van der Waals surface area (Å²) in [6.07, 6.45) is 2.03. The molecule has 0 N–H and O–H groups in total. The largest absolute Gasteiger partial charge is 0.496 e. The Hall–Kier alpha value is -3.66. The van der Waals surface area contributed by atoms with Crippen molar-refractivity contribution in [2.24, 2.45) is 7.05 Å². The molecule has 0 bridgehead atoms. The number of methoxy groups -OCH3 is 1. The molecule has 3 aromatic carbocycles. The van der Waals surface area contributed by atoms with Crippen molar-refractivity contribution in [1.29, 1.82) is 0 Å². The summed E-state index contributed by atoms with van der Waals surface area (Å²) in [6.45, 7) is 0. The van der Waals surface area contributed by atoms with E-state index in [1.807, 2.05) is 72.4 Å². The Bertz CT molecular complexity index is 1190. The second-order valence-electron chi connectivity index (χ2n) is 7.33. The van der Waals surface area contributed by atoms with Crippen LogP contribution in [-0.2, 0) is 7.05 Å². The summed E-state index contributed by atoms with van der Waals surface area (Å²) in [5.74, 6) is -0.0451. The minimum absolute atomic E-state index is 0.0585. The van der Waals surface area contributed by atoms with Gasteiger partial charge in [0, 0.05) is 36.2 Å². The zero-order chi connectivity index (χ0) is 21.1. The van der Waals surface area contributed by atoms with Gasteiger partial charge in [0.15, 0.2) is 11.6 Å². The maximum atomic E-state index is 13.6. The highest BCUT2D eigenvalue weighted by atomic mass is 16.5. The van der Waals surface area contributed by atoms with E-state index in [2.05, 4.69) is 0 Å². The number of benzene rings is 3. The van der Waals surface area contributed by atoms with E-state index in [-0.39, 0.29) is 18.0 Å². The van der Waals surface area contributed by atoms with Gasteiger partial charge >= 0.3 is 0 Å². The number of ketones is 2. The van der Waals surface area contributed by atoms with Gasteiger partial charge in [-0.15, -0.1) is 0 Å². The summed E-state index contributed by atoms with van der Waals surface area (Å²) < 4.78 is 7.57. The lowest BCUT2D eigenvalue weighted by Gasteiger charge is -2.16. The monoisotopic (exact) mass is 397 g/mol. The fourth-order valence-electron chi connectivity index (χ4n) is 3.96. The molecule has 1 heterocycles. The molecule has 0 saturated carbocycles. The number of aryl methyl sites for hydroxylation is 1. The van der Waals surface area contributed by atoms with Crippen LogP contribution in [0.4, 0.5) is 0 Å². The second kappa shape index (κ2) is 8.37. The molecule has 4 nitrogen and oxygen atoms in total. The Kier molecular flexibility index (Phi) is 5.48. The smallest absolute Gasteiger partial charge is 0.170 e. The summed E-state index contributed by atoms with van der Waals surface area (Å²) in [5.41, 5.74) is 2.97. The summed E-state index contributed by atoms with van der Waals surface area (Å²) in [7, 11) is 3.56. The molecule has 0 amide bonds. The predicted molar refractivity (Wildman–Crippen MR) is 118 cm³/mol. The van der Waals surface area contributed by atoms with Crippen molar-refractivity contribution in [2.75, 3.05) is 7.11 Å². The minimum atomic E-state index is -0.611. The third kappa shape index (κ3) is 3.64. The first kappa shape index (κ1) is 19.6. The first-order chi connectivity index (χ1) is 14.6. The van der Waals surface area contributed by atoms with E-state index in [0.29, 0.717) is 16.9 Å². The van der Waals surface area contributed by atoms with Crippen molar-refractivity contribution in [2.45, 2.75) is 12.3 Å². The maximum Gasteiger partial charge on any atom is 0.170 e. The van der Waals surface area contributed by atoms with Crippen LogP contribution in [0.1, 0.15) is 38.6 Å². The van der Waals surface area contributed by atoms with Gasteiger partial charge < -0.3 is 9.30 Å². The number of nitrogens with zero attached hydrogens (tertiary/aromatic N) is 1. The predicted octanol–water partition coefficient (Wildman–Crippen LogP) is 5.43. The van der Waals surface area contributed by atoms with Crippen molar-refractivity contribution in [3.05, 3.63) is 102 Å². The van der Waals surface area contributed by atoms with Gasteiger partial charge in [-0.2, -0.15) is 0 Å². The van der Waals surface area contributed by atoms with E-state index in [1.54, 1.807) is 31.4 Å². The molecule has 0 saturated heterocycles. The summed E-state index contributed by atoms with van der Waals surface area (Å²) in [4.78, 5) is 26.6. The minimum Gasteiger partial charge on any atom is -0.496 e. The first-order valence-corrected chi connectivity index (χ1v) is 9.89. The van der Waals surface area contributed by atoms with Gasteiger partial charge in [-0.3, -0.25) is 9.59 Å². The van der Waals surface area contributed by atoms with Gasteiger partial charge in [0.2, 0.25) is 0 Å². The molecule has 1 aromatic heterocycles. The van der Waals surface area contributed by atoms with E-state index >= 15 is 0 Å². The fraction of sp³-hybridized carbons (Fsp3) is 0.154. The number of Topliss-reactive ketones (excluding diaryl/α,β-unsaturated/α-hetero) is 2. The maximum absolute atomic E-state index is 13.6. The Morgan fingerprint density at radius 3 is 2.13 bits per heavy atom. The van der Waals surface area contributed by atoms with Crippen LogP contribution < -0.4 is 4.74 Å². The van der Waals surface area contributed by atoms with Crippen molar-refractivity contribution in [3.8, 4) is 5.75 Å². The molecule has 0 fully saturated rings. The van der Waals surface area contributed by atoms with Crippen molar-refractivity contribution in [3.63, 3.8) is 0 Å². The van der Waals surface area contributed by atoms with Crippen molar-refractivity contribution >= 4 is 22.5 Å². The highest BCUT2D eigenvalue weighted by Crippen LogP contribution is 2.37. The third-order valence-corrected chi connectivity index (χ3v) is 5.46. The SMILES string of the molecule is COc1cccc2c1c([C@H](CC(=O)c1ccccc1)C(=O)c1ccccc1)cn2C. The van der Waals surface area contributed by atoms with E-state index in [4.69, 9.17) is 4.74 Å². The van der Waals surface area contributed by atoms with Crippen LogP contribution in [0, 0.1) is 0 Å². The summed E-state index contributed by atoms with van der Waals surface area (Å²) in [5, 5.41) is 0.873. The molecule has 0 aliphatic rings. The molecule has 0 unspecified atom stereocenters. The van der Waals surface area contributed by atoms with Crippen LogP contribution in [0.5, 0.6) is 5.75 Å². The average Bonchev–Trinajstić information content (AvgIpc) is 3.14. The number of hydrogen-bond donors (Lipinski definition) is 0. The first-order valence-electron chi connectivity index (χ1n) is 9.89. The quantitative estimate of drug-likeness (QED) is 0.391. The lowest BCUT2D eigenvalue weighted by atomic mass is 9.85. The van der Waals surface area contributed by atoms with E-state index in [0.717, 1.165) is 16.5 Å². The number of ether oxygens (including phenoxy) is 1. The van der Waals surface area contributed by atoms with Gasteiger partial charge in [-0.05, 0) is 17.7 Å². The zero-order valence-electron chi connectivity index (χ0n) is 17.0. The number of hydrogen-bond acceptors (Lipinski definition) is 3.